The van der Waals surface area contributed by atoms with Gasteiger partial charge in [-0.3, -0.25) is 0 Å². The summed E-state index contributed by atoms with van der Waals surface area (Å²) in [5.74, 6) is 0. The monoisotopic (exact) mass is 181 g/mol. The number of thioether (sulfide) groups is 1. The molecule has 12 heavy (non-hydrogen) atoms. The van der Waals surface area contributed by atoms with E-state index in [4.69, 9.17) is 5.73 Å². The molecule has 1 atom stereocenters. The summed E-state index contributed by atoms with van der Waals surface area (Å²) in [5, 5.41) is 0.673. The minimum atomic E-state index is 0.673. The third kappa shape index (κ3) is 2.78. The van der Waals surface area contributed by atoms with Crippen LogP contribution in [0.5, 0.6) is 0 Å². The molecule has 0 aromatic heterocycles. The Kier molecular flexibility index (Phi) is 3.48. The topological polar surface area (TPSA) is 26.0 Å². The molecule has 1 aromatic rings. The Morgan fingerprint density at radius 2 is 2.25 bits per heavy atom. The van der Waals surface area contributed by atoms with E-state index in [0.717, 1.165) is 5.69 Å². The molecular weight excluding hydrogens is 166 g/mol. The first kappa shape index (κ1) is 9.46. The maximum atomic E-state index is 5.66. The van der Waals surface area contributed by atoms with E-state index in [9.17, 15) is 0 Å². The minimum absolute atomic E-state index is 0.673. The van der Waals surface area contributed by atoms with Crippen LogP contribution in [0.25, 0.3) is 0 Å². The lowest BCUT2D eigenvalue weighted by Crippen LogP contribution is -1.92. The Bertz CT molecular complexity index is 247. The molecule has 1 aromatic carbocycles. The first-order valence-corrected chi connectivity index (χ1v) is 5.12. The van der Waals surface area contributed by atoms with Crippen LogP contribution in [-0.4, -0.2) is 5.25 Å². The standard InChI is InChI=1S/C10H15NS/c1-3-8(2)12-10-6-4-5-9(11)7-10/h4-8H,3,11H2,1-2H3. The molecule has 0 radical (unpaired) electrons. The molecule has 1 nitrogen and oxygen atoms in total. The van der Waals surface area contributed by atoms with Crippen molar-refractivity contribution in [3.8, 4) is 0 Å². The van der Waals surface area contributed by atoms with Crippen LogP contribution in [-0.2, 0) is 0 Å². The second-order valence-corrected chi connectivity index (χ2v) is 4.42. The van der Waals surface area contributed by atoms with Crippen molar-refractivity contribution in [1.29, 1.82) is 0 Å². The van der Waals surface area contributed by atoms with E-state index in [-0.39, 0.29) is 0 Å². The van der Waals surface area contributed by atoms with Crippen LogP contribution in [0.4, 0.5) is 5.69 Å². The summed E-state index contributed by atoms with van der Waals surface area (Å²) in [5.41, 5.74) is 6.51. The molecule has 0 spiro atoms. The molecule has 0 heterocycles. The first-order valence-electron chi connectivity index (χ1n) is 4.24. The van der Waals surface area contributed by atoms with Gasteiger partial charge >= 0.3 is 0 Å². The highest BCUT2D eigenvalue weighted by Crippen LogP contribution is 2.25. The normalized spacial score (nSPS) is 12.8. The predicted molar refractivity (Wildman–Crippen MR) is 56.5 cm³/mol. The molecule has 2 heteroatoms. The highest BCUT2D eigenvalue weighted by atomic mass is 32.2. The van der Waals surface area contributed by atoms with Gasteiger partial charge in [0.05, 0.1) is 0 Å². The Morgan fingerprint density at radius 1 is 1.50 bits per heavy atom. The summed E-state index contributed by atoms with van der Waals surface area (Å²) in [6.45, 7) is 4.43. The molecule has 0 fully saturated rings. The third-order valence-electron chi connectivity index (χ3n) is 1.77. The largest absolute Gasteiger partial charge is 0.399 e. The van der Waals surface area contributed by atoms with Gasteiger partial charge in [0.15, 0.2) is 0 Å². The van der Waals surface area contributed by atoms with Gasteiger partial charge in [0.25, 0.3) is 0 Å². The van der Waals surface area contributed by atoms with E-state index in [1.165, 1.54) is 11.3 Å². The maximum absolute atomic E-state index is 5.66. The van der Waals surface area contributed by atoms with Crippen LogP contribution in [0.1, 0.15) is 20.3 Å². The summed E-state index contributed by atoms with van der Waals surface area (Å²) in [7, 11) is 0. The van der Waals surface area contributed by atoms with E-state index in [2.05, 4.69) is 19.9 Å². The van der Waals surface area contributed by atoms with Crippen LogP contribution in [0.3, 0.4) is 0 Å². The number of rotatable bonds is 3. The van der Waals surface area contributed by atoms with Crippen molar-refractivity contribution in [3.05, 3.63) is 24.3 Å². The van der Waals surface area contributed by atoms with E-state index < -0.39 is 0 Å². The van der Waals surface area contributed by atoms with Crippen LogP contribution in [0.15, 0.2) is 29.2 Å². The van der Waals surface area contributed by atoms with Gasteiger partial charge in [-0.15, -0.1) is 11.8 Å². The summed E-state index contributed by atoms with van der Waals surface area (Å²) < 4.78 is 0. The summed E-state index contributed by atoms with van der Waals surface area (Å²) in [6, 6.07) is 8.05. The fraction of sp³-hybridized carbons (Fsp3) is 0.400. The Hall–Kier alpha value is -0.630. The van der Waals surface area contributed by atoms with Gasteiger partial charge in [0.2, 0.25) is 0 Å². The smallest absolute Gasteiger partial charge is 0.0325 e. The second-order valence-electron chi connectivity index (χ2n) is 2.91. The van der Waals surface area contributed by atoms with Crippen molar-refractivity contribution in [1.82, 2.24) is 0 Å². The lowest BCUT2D eigenvalue weighted by molar-refractivity contribution is 0.906. The van der Waals surface area contributed by atoms with Crippen molar-refractivity contribution in [2.75, 3.05) is 5.73 Å². The molecule has 2 N–H and O–H groups in total. The third-order valence-corrected chi connectivity index (χ3v) is 3.03. The molecule has 0 saturated carbocycles. The molecular formula is C10H15NS. The Morgan fingerprint density at radius 3 is 2.83 bits per heavy atom. The number of benzene rings is 1. The SMILES string of the molecule is CCC(C)Sc1cccc(N)c1. The van der Waals surface area contributed by atoms with Crippen molar-refractivity contribution in [2.24, 2.45) is 0 Å². The number of hydrogen-bond donors (Lipinski definition) is 1. The van der Waals surface area contributed by atoms with Crippen LogP contribution < -0.4 is 5.73 Å². The van der Waals surface area contributed by atoms with Gasteiger partial charge in [-0.2, -0.15) is 0 Å². The average molecular weight is 181 g/mol. The van der Waals surface area contributed by atoms with Gasteiger partial charge < -0.3 is 5.73 Å². The summed E-state index contributed by atoms with van der Waals surface area (Å²) in [4.78, 5) is 1.27. The van der Waals surface area contributed by atoms with Crippen molar-refractivity contribution >= 4 is 17.4 Å². The lowest BCUT2D eigenvalue weighted by atomic mass is 10.3. The van der Waals surface area contributed by atoms with Gasteiger partial charge in [0, 0.05) is 15.8 Å². The summed E-state index contributed by atoms with van der Waals surface area (Å²) in [6.07, 6.45) is 1.19. The van der Waals surface area contributed by atoms with E-state index in [0.29, 0.717) is 5.25 Å². The lowest BCUT2D eigenvalue weighted by Gasteiger charge is -2.07. The van der Waals surface area contributed by atoms with Gasteiger partial charge in [-0.25, -0.2) is 0 Å². The Balaban J connectivity index is 2.63. The molecule has 66 valence electrons. The fourth-order valence-corrected chi connectivity index (χ4v) is 1.90. The molecule has 0 aliphatic carbocycles. The second kappa shape index (κ2) is 4.41. The number of hydrogen-bond acceptors (Lipinski definition) is 2. The van der Waals surface area contributed by atoms with Crippen molar-refractivity contribution < 1.29 is 0 Å². The number of nitrogen functional groups attached to an aromatic ring is 1. The van der Waals surface area contributed by atoms with E-state index >= 15 is 0 Å². The molecule has 0 bridgehead atoms. The quantitative estimate of drug-likeness (QED) is 0.572. The Labute approximate surface area is 78.4 Å². The van der Waals surface area contributed by atoms with Gasteiger partial charge in [-0.1, -0.05) is 19.9 Å². The van der Waals surface area contributed by atoms with Crippen LogP contribution in [0.2, 0.25) is 0 Å². The molecule has 0 amide bonds. The van der Waals surface area contributed by atoms with Gasteiger partial charge in [-0.05, 0) is 24.6 Å². The zero-order valence-corrected chi connectivity index (χ0v) is 8.40. The molecule has 1 unspecified atom stereocenters. The van der Waals surface area contributed by atoms with E-state index in [1.54, 1.807) is 0 Å². The average Bonchev–Trinajstić information content (AvgIpc) is 2.04. The molecule has 0 aliphatic rings. The fourth-order valence-electron chi connectivity index (χ4n) is 0.903. The minimum Gasteiger partial charge on any atom is -0.399 e. The molecule has 0 saturated heterocycles. The van der Waals surface area contributed by atoms with Crippen molar-refractivity contribution in [2.45, 2.75) is 30.4 Å². The van der Waals surface area contributed by atoms with Crippen LogP contribution in [0, 0.1) is 0 Å². The van der Waals surface area contributed by atoms with Crippen molar-refractivity contribution in [3.63, 3.8) is 0 Å². The number of anilines is 1. The summed E-state index contributed by atoms with van der Waals surface area (Å²) >= 11 is 1.88. The maximum Gasteiger partial charge on any atom is 0.0325 e. The first-order chi connectivity index (χ1) is 5.72. The number of nitrogens with two attached hydrogens (primary N) is 1. The molecule has 1 rings (SSSR count). The van der Waals surface area contributed by atoms with Gasteiger partial charge in [0.1, 0.15) is 0 Å². The van der Waals surface area contributed by atoms with E-state index in [1.807, 2.05) is 30.0 Å². The zero-order chi connectivity index (χ0) is 8.97. The zero-order valence-electron chi connectivity index (χ0n) is 7.58. The predicted octanol–water partition coefficient (Wildman–Crippen LogP) is 3.16. The molecule has 0 aliphatic heterocycles. The van der Waals surface area contributed by atoms with Crippen LogP contribution >= 0.6 is 11.8 Å². The highest BCUT2D eigenvalue weighted by Gasteiger charge is 2.00. The highest BCUT2D eigenvalue weighted by molar-refractivity contribution is 7.99.